The molecule has 0 unspecified atom stereocenters. The van der Waals surface area contributed by atoms with Crippen LogP contribution in [-0.2, 0) is 0 Å². The number of nitrogens with zero attached hydrogens (tertiary/aromatic N) is 1. The maximum atomic E-state index is 7.31. The standard InChI is InChI=1S/C16H17N5/c17-15(18)21-16(20-14-9-5-2-6-10-14)19-12-11-13-7-3-1-4-8-13/h1-12H,(H5,17,18,19,20,21). The third-order valence-electron chi connectivity index (χ3n) is 2.55. The van der Waals surface area contributed by atoms with Gasteiger partial charge in [-0.2, -0.15) is 0 Å². The van der Waals surface area contributed by atoms with Gasteiger partial charge in [0.15, 0.2) is 5.96 Å². The minimum atomic E-state index is -0.176. The lowest BCUT2D eigenvalue weighted by molar-refractivity contribution is 1.12. The van der Waals surface area contributed by atoms with Crippen molar-refractivity contribution in [1.82, 2.24) is 10.6 Å². The molecule has 5 N–H and O–H groups in total. The molecule has 0 amide bonds. The van der Waals surface area contributed by atoms with Crippen LogP contribution in [0.4, 0.5) is 5.69 Å². The smallest absolute Gasteiger partial charge is 0.207 e. The van der Waals surface area contributed by atoms with Gasteiger partial charge in [0.2, 0.25) is 5.96 Å². The van der Waals surface area contributed by atoms with Crippen molar-refractivity contribution in [3.63, 3.8) is 0 Å². The van der Waals surface area contributed by atoms with E-state index in [9.17, 15) is 0 Å². The maximum absolute atomic E-state index is 7.31. The predicted octanol–water partition coefficient (Wildman–Crippen LogP) is 2.42. The van der Waals surface area contributed by atoms with Gasteiger partial charge in [0.25, 0.3) is 0 Å². The first-order chi connectivity index (χ1) is 10.2. The molecule has 5 nitrogen and oxygen atoms in total. The molecule has 0 saturated heterocycles. The number of guanidine groups is 2. The van der Waals surface area contributed by atoms with E-state index in [1.54, 1.807) is 6.20 Å². The number of nitrogens with one attached hydrogen (secondary N) is 3. The minimum Gasteiger partial charge on any atom is -0.370 e. The summed E-state index contributed by atoms with van der Waals surface area (Å²) in [5.41, 5.74) is 7.18. The largest absolute Gasteiger partial charge is 0.370 e. The summed E-state index contributed by atoms with van der Waals surface area (Å²) in [5, 5.41) is 13.0. The monoisotopic (exact) mass is 279 g/mol. The van der Waals surface area contributed by atoms with Crippen molar-refractivity contribution < 1.29 is 0 Å². The summed E-state index contributed by atoms with van der Waals surface area (Å²) < 4.78 is 0. The molecule has 0 aromatic heterocycles. The summed E-state index contributed by atoms with van der Waals surface area (Å²) in [7, 11) is 0. The Morgan fingerprint density at radius 3 is 2.24 bits per heavy atom. The van der Waals surface area contributed by atoms with Crippen molar-refractivity contribution in [2.75, 3.05) is 0 Å². The zero-order valence-corrected chi connectivity index (χ0v) is 11.5. The quantitative estimate of drug-likeness (QED) is 0.514. The van der Waals surface area contributed by atoms with Gasteiger partial charge in [-0.25, -0.2) is 4.99 Å². The second-order valence-corrected chi connectivity index (χ2v) is 4.22. The van der Waals surface area contributed by atoms with Crippen LogP contribution in [0.1, 0.15) is 5.56 Å². The van der Waals surface area contributed by atoms with Crippen LogP contribution in [0.15, 0.2) is 71.9 Å². The fourth-order valence-corrected chi connectivity index (χ4v) is 1.64. The third kappa shape index (κ3) is 5.20. The van der Waals surface area contributed by atoms with Gasteiger partial charge in [-0.15, -0.1) is 0 Å². The van der Waals surface area contributed by atoms with Crippen LogP contribution < -0.4 is 16.4 Å². The Bertz CT molecular complexity index is 632. The van der Waals surface area contributed by atoms with Crippen LogP contribution in [0.2, 0.25) is 0 Å². The molecule has 106 valence electrons. The first-order valence-electron chi connectivity index (χ1n) is 6.47. The second kappa shape index (κ2) is 7.49. The molecule has 0 saturated carbocycles. The first kappa shape index (κ1) is 14.3. The Morgan fingerprint density at radius 1 is 1.00 bits per heavy atom. The molecular formula is C16H17N5. The third-order valence-corrected chi connectivity index (χ3v) is 2.55. The van der Waals surface area contributed by atoms with Crippen molar-refractivity contribution in [1.29, 1.82) is 5.41 Å². The average Bonchev–Trinajstić information content (AvgIpc) is 2.49. The Hall–Kier alpha value is -3.08. The summed E-state index contributed by atoms with van der Waals surface area (Å²) in [6.07, 6.45) is 3.65. The van der Waals surface area contributed by atoms with E-state index in [1.165, 1.54) is 0 Å². The Kier molecular flexibility index (Phi) is 5.11. The summed E-state index contributed by atoms with van der Waals surface area (Å²) in [4.78, 5) is 4.35. The van der Waals surface area contributed by atoms with Crippen LogP contribution in [0.5, 0.6) is 0 Å². The molecule has 0 bridgehead atoms. The topological polar surface area (TPSA) is 86.3 Å². The lowest BCUT2D eigenvalue weighted by Gasteiger charge is -2.07. The number of para-hydroxylation sites is 1. The van der Waals surface area contributed by atoms with Crippen LogP contribution in [0.25, 0.3) is 6.08 Å². The molecule has 2 rings (SSSR count). The van der Waals surface area contributed by atoms with Gasteiger partial charge in [-0.3, -0.25) is 10.7 Å². The number of nitrogens with two attached hydrogens (primary N) is 1. The molecule has 0 aliphatic carbocycles. The van der Waals surface area contributed by atoms with Crippen LogP contribution in [0, 0.1) is 5.41 Å². The van der Waals surface area contributed by atoms with Crippen molar-refractivity contribution in [2.45, 2.75) is 0 Å². The molecule has 0 aliphatic heterocycles. The molecule has 5 heteroatoms. The van der Waals surface area contributed by atoms with Crippen molar-refractivity contribution in [3.05, 3.63) is 72.4 Å². The molecule has 2 aromatic carbocycles. The second-order valence-electron chi connectivity index (χ2n) is 4.22. The lowest BCUT2D eigenvalue weighted by atomic mass is 10.2. The Morgan fingerprint density at radius 2 is 1.62 bits per heavy atom. The van der Waals surface area contributed by atoms with E-state index in [0.717, 1.165) is 11.3 Å². The molecule has 0 aliphatic rings. The molecule has 0 fully saturated rings. The molecule has 0 radical (unpaired) electrons. The van der Waals surface area contributed by atoms with Crippen LogP contribution >= 0.6 is 0 Å². The highest BCUT2D eigenvalue weighted by atomic mass is 15.2. The molecule has 2 aromatic rings. The van der Waals surface area contributed by atoms with Crippen LogP contribution in [-0.4, -0.2) is 11.9 Å². The normalized spacial score (nSPS) is 11.3. The average molecular weight is 279 g/mol. The summed E-state index contributed by atoms with van der Waals surface area (Å²) >= 11 is 0. The van der Waals surface area contributed by atoms with Crippen LogP contribution in [0.3, 0.4) is 0 Å². The zero-order chi connectivity index (χ0) is 14.9. The zero-order valence-electron chi connectivity index (χ0n) is 11.5. The van der Waals surface area contributed by atoms with E-state index in [-0.39, 0.29) is 5.96 Å². The fraction of sp³-hybridized carbons (Fsp3) is 0. The fourth-order valence-electron chi connectivity index (χ4n) is 1.64. The van der Waals surface area contributed by atoms with Gasteiger partial charge in [-0.05, 0) is 23.8 Å². The number of aliphatic imine (C=N–C) groups is 1. The Balaban J connectivity index is 2.08. The maximum Gasteiger partial charge on any atom is 0.207 e. The van der Waals surface area contributed by atoms with Crippen molar-refractivity contribution in [3.8, 4) is 0 Å². The highest BCUT2D eigenvalue weighted by Crippen LogP contribution is 2.09. The van der Waals surface area contributed by atoms with Gasteiger partial charge in [0.05, 0.1) is 5.69 Å². The van der Waals surface area contributed by atoms with Crippen molar-refractivity contribution >= 4 is 23.7 Å². The van der Waals surface area contributed by atoms with Gasteiger partial charge in [0.1, 0.15) is 0 Å². The van der Waals surface area contributed by atoms with E-state index in [1.807, 2.05) is 66.7 Å². The predicted molar refractivity (Wildman–Crippen MR) is 87.2 cm³/mol. The Labute approximate surface area is 123 Å². The van der Waals surface area contributed by atoms with Gasteiger partial charge in [0, 0.05) is 6.20 Å². The molecule has 21 heavy (non-hydrogen) atoms. The lowest BCUT2D eigenvalue weighted by Crippen LogP contribution is -2.42. The van der Waals surface area contributed by atoms with E-state index in [0.29, 0.717) is 5.96 Å². The van der Waals surface area contributed by atoms with E-state index in [4.69, 9.17) is 11.1 Å². The highest BCUT2D eigenvalue weighted by molar-refractivity contribution is 5.98. The van der Waals surface area contributed by atoms with E-state index in [2.05, 4.69) is 15.6 Å². The molecule has 0 atom stereocenters. The van der Waals surface area contributed by atoms with E-state index < -0.39 is 0 Å². The number of hydrogen-bond acceptors (Lipinski definition) is 2. The minimum absolute atomic E-state index is 0.176. The molecule has 0 spiro atoms. The molecule has 0 heterocycles. The number of rotatable bonds is 3. The summed E-state index contributed by atoms with van der Waals surface area (Å²) in [6, 6.07) is 19.3. The number of hydrogen-bond donors (Lipinski definition) is 4. The van der Waals surface area contributed by atoms with E-state index >= 15 is 0 Å². The molecular weight excluding hydrogens is 262 g/mol. The van der Waals surface area contributed by atoms with Crippen molar-refractivity contribution in [2.24, 2.45) is 10.7 Å². The van der Waals surface area contributed by atoms with Gasteiger partial charge < -0.3 is 11.1 Å². The van der Waals surface area contributed by atoms with Gasteiger partial charge >= 0.3 is 0 Å². The number of benzene rings is 2. The summed E-state index contributed by atoms with van der Waals surface area (Å²) in [5.74, 6) is 0.214. The SMILES string of the molecule is N=C(N)NC(=Nc1ccccc1)NC=Cc1ccccc1. The van der Waals surface area contributed by atoms with Gasteiger partial charge in [-0.1, -0.05) is 48.5 Å². The highest BCUT2D eigenvalue weighted by Gasteiger charge is 1.98. The summed E-state index contributed by atoms with van der Waals surface area (Å²) in [6.45, 7) is 0. The first-order valence-corrected chi connectivity index (χ1v) is 6.47.